The van der Waals surface area contributed by atoms with Gasteiger partial charge in [0.1, 0.15) is 5.75 Å². The smallest absolute Gasteiger partial charge is 0.271 e. The van der Waals surface area contributed by atoms with Crippen molar-refractivity contribution in [3.63, 3.8) is 0 Å². The van der Waals surface area contributed by atoms with Crippen molar-refractivity contribution in [3.8, 4) is 5.75 Å². The topological polar surface area (TPSA) is 104 Å². The molecular weight excluding hydrogens is 208 g/mol. The largest absolute Gasteiger partial charge is 0.497 e. The molecule has 2 rings (SSSR count). The fraction of sp³-hybridized carbons (Fsp3) is 0.100. The molecular formula is C10H10N4O2. The van der Waals surface area contributed by atoms with Gasteiger partial charge in [0.15, 0.2) is 5.69 Å². The molecule has 0 aliphatic heterocycles. The highest BCUT2D eigenvalue weighted by atomic mass is 16.5. The molecule has 0 saturated carbocycles. The molecule has 1 amide bonds. The van der Waals surface area contributed by atoms with Crippen LogP contribution in [0.5, 0.6) is 5.75 Å². The first-order valence-electron chi connectivity index (χ1n) is 4.53. The number of aromatic nitrogens is 2. The van der Waals surface area contributed by atoms with Crippen molar-refractivity contribution < 1.29 is 9.53 Å². The molecule has 1 aromatic carbocycles. The van der Waals surface area contributed by atoms with Crippen molar-refractivity contribution in [1.29, 1.82) is 0 Å². The number of hydrogen-bond donors (Lipinski definition) is 2. The van der Waals surface area contributed by atoms with Crippen LogP contribution in [0.2, 0.25) is 0 Å². The number of amides is 1. The van der Waals surface area contributed by atoms with Crippen molar-refractivity contribution in [1.82, 2.24) is 10.2 Å². The lowest BCUT2D eigenvalue weighted by atomic mass is 10.1. The first-order chi connectivity index (χ1) is 7.63. The van der Waals surface area contributed by atoms with Crippen molar-refractivity contribution in [3.05, 3.63) is 23.9 Å². The van der Waals surface area contributed by atoms with Crippen LogP contribution in [0.25, 0.3) is 10.9 Å². The van der Waals surface area contributed by atoms with Gasteiger partial charge in [-0.3, -0.25) is 4.79 Å². The van der Waals surface area contributed by atoms with Gasteiger partial charge in [0.2, 0.25) is 0 Å². The summed E-state index contributed by atoms with van der Waals surface area (Å²) < 4.78 is 5.04. The van der Waals surface area contributed by atoms with Crippen LogP contribution in [-0.4, -0.2) is 23.2 Å². The third kappa shape index (κ3) is 1.50. The highest BCUT2D eigenvalue weighted by Gasteiger charge is 2.12. The second kappa shape index (κ2) is 3.65. The summed E-state index contributed by atoms with van der Waals surface area (Å²) >= 11 is 0. The first kappa shape index (κ1) is 10.2. The van der Waals surface area contributed by atoms with E-state index >= 15 is 0 Å². The predicted molar refractivity (Wildman–Crippen MR) is 59.0 cm³/mol. The molecule has 4 N–H and O–H groups in total. The number of nitrogens with two attached hydrogens (primary N) is 2. The second-order valence-electron chi connectivity index (χ2n) is 3.21. The molecule has 2 aromatic rings. The number of nitrogen functional groups attached to an aromatic ring is 1. The number of hydrogen-bond acceptors (Lipinski definition) is 5. The van der Waals surface area contributed by atoms with Crippen LogP contribution in [0.1, 0.15) is 10.5 Å². The molecule has 0 atom stereocenters. The maximum atomic E-state index is 11.0. The zero-order valence-electron chi connectivity index (χ0n) is 8.60. The van der Waals surface area contributed by atoms with E-state index in [4.69, 9.17) is 16.2 Å². The first-order valence-corrected chi connectivity index (χ1v) is 4.53. The van der Waals surface area contributed by atoms with E-state index in [0.717, 1.165) is 0 Å². The van der Waals surface area contributed by atoms with Gasteiger partial charge in [-0.1, -0.05) is 0 Å². The maximum absolute atomic E-state index is 11.0. The third-order valence-corrected chi connectivity index (χ3v) is 2.24. The minimum atomic E-state index is -0.692. The number of nitrogens with zero attached hydrogens (tertiary/aromatic N) is 2. The Labute approximate surface area is 91.2 Å². The zero-order valence-corrected chi connectivity index (χ0v) is 8.60. The molecule has 0 spiro atoms. The van der Waals surface area contributed by atoms with Crippen LogP contribution >= 0.6 is 0 Å². The maximum Gasteiger partial charge on any atom is 0.271 e. The summed E-state index contributed by atoms with van der Waals surface area (Å²) in [6.07, 6.45) is 0. The van der Waals surface area contributed by atoms with Gasteiger partial charge in [0.05, 0.1) is 18.3 Å². The monoisotopic (exact) mass is 218 g/mol. The fourth-order valence-corrected chi connectivity index (χ4v) is 1.42. The van der Waals surface area contributed by atoms with Gasteiger partial charge in [0.25, 0.3) is 5.91 Å². The summed E-state index contributed by atoms with van der Waals surface area (Å²) in [5, 5.41) is 8.17. The van der Waals surface area contributed by atoms with E-state index in [-0.39, 0.29) is 11.4 Å². The molecule has 1 aromatic heterocycles. The summed E-state index contributed by atoms with van der Waals surface area (Å²) in [5.74, 6) is -0.0456. The van der Waals surface area contributed by atoms with Gasteiger partial charge in [-0.05, 0) is 12.1 Å². The molecule has 0 aliphatic rings. The Hall–Kier alpha value is -2.37. The number of fused-ring (bicyclic) bond motifs is 1. The molecule has 6 nitrogen and oxygen atoms in total. The molecule has 0 fully saturated rings. The van der Waals surface area contributed by atoms with Gasteiger partial charge in [-0.2, -0.15) is 0 Å². The number of anilines is 1. The van der Waals surface area contributed by atoms with Crippen LogP contribution in [0.15, 0.2) is 18.2 Å². The number of ether oxygens (including phenoxy) is 1. The van der Waals surface area contributed by atoms with Gasteiger partial charge in [0, 0.05) is 11.5 Å². The van der Waals surface area contributed by atoms with E-state index in [1.165, 1.54) is 0 Å². The average molecular weight is 218 g/mol. The number of primary amides is 1. The molecule has 0 unspecified atom stereocenters. The van der Waals surface area contributed by atoms with Crippen LogP contribution in [0.4, 0.5) is 5.69 Å². The summed E-state index contributed by atoms with van der Waals surface area (Å²) in [6, 6.07) is 5.12. The van der Waals surface area contributed by atoms with Crippen molar-refractivity contribution >= 4 is 22.5 Å². The minimum absolute atomic E-state index is 0.0160. The lowest BCUT2D eigenvalue weighted by Gasteiger charge is -2.05. The Morgan fingerprint density at radius 1 is 1.38 bits per heavy atom. The van der Waals surface area contributed by atoms with E-state index in [9.17, 15) is 4.79 Å². The van der Waals surface area contributed by atoms with E-state index in [0.29, 0.717) is 16.7 Å². The Bertz CT molecular complexity index is 568. The van der Waals surface area contributed by atoms with Crippen molar-refractivity contribution in [2.45, 2.75) is 0 Å². The van der Waals surface area contributed by atoms with Crippen LogP contribution in [0, 0.1) is 0 Å². The van der Waals surface area contributed by atoms with E-state index in [1.807, 2.05) is 0 Å². The van der Waals surface area contributed by atoms with Gasteiger partial charge in [-0.25, -0.2) is 0 Å². The highest BCUT2D eigenvalue weighted by molar-refractivity contribution is 6.03. The standard InChI is InChI=1S/C10H10N4O2/c1-16-5-2-3-6-7(4-5)13-14-9(8(6)11)10(12)15/h2-4H,1H3,(H2,11,13)(H2,12,15). The SMILES string of the molecule is COc1ccc2c(N)c(C(N)=O)nnc2c1. The molecule has 16 heavy (non-hydrogen) atoms. The van der Waals surface area contributed by atoms with Gasteiger partial charge < -0.3 is 16.2 Å². The van der Waals surface area contributed by atoms with E-state index < -0.39 is 5.91 Å². The number of rotatable bonds is 2. The predicted octanol–water partition coefficient (Wildman–Crippen LogP) is 0.319. The Balaban J connectivity index is 2.71. The van der Waals surface area contributed by atoms with Gasteiger partial charge in [-0.15, -0.1) is 10.2 Å². The summed E-state index contributed by atoms with van der Waals surface area (Å²) in [4.78, 5) is 11.0. The lowest BCUT2D eigenvalue weighted by molar-refractivity contribution is 0.0996. The normalized spacial score (nSPS) is 10.3. The number of benzene rings is 1. The molecule has 0 aliphatic carbocycles. The average Bonchev–Trinajstić information content (AvgIpc) is 2.28. The second-order valence-corrected chi connectivity index (χ2v) is 3.21. The quantitative estimate of drug-likeness (QED) is 0.755. The summed E-state index contributed by atoms with van der Waals surface area (Å²) in [5.41, 5.74) is 11.7. The Morgan fingerprint density at radius 3 is 2.75 bits per heavy atom. The number of carbonyl (C=O) groups excluding carboxylic acids is 1. The highest BCUT2D eigenvalue weighted by Crippen LogP contribution is 2.24. The fourth-order valence-electron chi connectivity index (χ4n) is 1.42. The van der Waals surface area contributed by atoms with Crippen LogP contribution in [-0.2, 0) is 0 Å². The summed E-state index contributed by atoms with van der Waals surface area (Å²) in [6.45, 7) is 0. The molecule has 0 radical (unpaired) electrons. The van der Waals surface area contributed by atoms with Crippen molar-refractivity contribution in [2.24, 2.45) is 5.73 Å². The molecule has 0 saturated heterocycles. The number of methoxy groups -OCH3 is 1. The molecule has 82 valence electrons. The minimum Gasteiger partial charge on any atom is -0.497 e. The zero-order chi connectivity index (χ0) is 11.7. The molecule has 1 heterocycles. The van der Waals surface area contributed by atoms with Crippen LogP contribution < -0.4 is 16.2 Å². The Kier molecular flexibility index (Phi) is 2.32. The Morgan fingerprint density at radius 2 is 2.12 bits per heavy atom. The van der Waals surface area contributed by atoms with Gasteiger partial charge >= 0.3 is 0 Å². The lowest BCUT2D eigenvalue weighted by Crippen LogP contribution is -2.16. The summed E-state index contributed by atoms with van der Waals surface area (Å²) in [7, 11) is 1.55. The van der Waals surface area contributed by atoms with E-state index in [2.05, 4.69) is 10.2 Å². The third-order valence-electron chi connectivity index (χ3n) is 2.24. The molecule has 6 heteroatoms. The molecule has 0 bridgehead atoms. The van der Waals surface area contributed by atoms with Crippen molar-refractivity contribution in [2.75, 3.05) is 12.8 Å². The number of carbonyl (C=O) groups is 1. The van der Waals surface area contributed by atoms with Crippen LogP contribution in [0.3, 0.4) is 0 Å². The van der Waals surface area contributed by atoms with E-state index in [1.54, 1.807) is 25.3 Å².